The van der Waals surface area contributed by atoms with E-state index in [1.807, 2.05) is 42.5 Å². The summed E-state index contributed by atoms with van der Waals surface area (Å²) in [5.74, 6) is 0.347. The van der Waals surface area contributed by atoms with E-state index in [-0.39, 0.29) is 5.56 Å². The normalized spacial score (nSPS) is 11.0. The molecular weight excluding hydrogens is 433 g/mol. The lowest BCUT2D eigenvalue weighted by Crippen LogP contribution is -2.22. The lowest BCUT2D eigenvalue weighted by atomic mass is 10.3. The molecule has 3 aromatic carbocycles. The van der Waals surface area contributed by atoms with Crippen molar-refractivity contribution in [2.24, 2.45) is 0 Å². The molecule has 0 aliphatic heterocycles. The largest absolute Gasteiger partial charge is 0.325 e. The highest BCUT2D eigenvalue weighted by molar-refractivity contribution is 6.30. The number of hydrogen-bond donors (Lipinski definition) is 1. The summed E-state index contributed by atoms with van der Waals surface area (Å²) >= 11 is 12.1. The molecule has 0 bridgehead atoms. The van der Waals surface area contributed by atoms with Gasteiger partial charge in [-0.3, -0.25) is 4.79 Å². The van der Waals surface area contributed by atoms with Gasteiger partial charge in [0.05, 0.1) is 17.6 Å². The fourth-order valence-corrected chi connectivity index (χ4v) is 3.55. The van der Waals surface area contributed by atoms with Crippen molar-refractivity contribution in [1.29, 1.82) is 0 Å². The zero-order valence-corrected chi connectivity index (χ0v) is 17.5. The van der Waals surface area contributed by atoms with E-state index in [9.17, 15) is 4.79 Å². The lowest BCUT2D eigenvalue weighted by molar-refractivity contribution is 0.888. The molecule has 8 heteroatoms. The molecule has 0 atom stereocenters. The molecular formula is C23H15Cl2N5O. The van der Waals surface area contributed by atoms with E-state index in [0.29, 0.717) is 32.7 Å². The summed E-state index contributed by atoms with van der Waals surface area (Å²) in [6.07, 6.45) is 1.54. The van der Waals surface area contributed by atoms with Gasteiger partial charge in [0.15, 0.2) is 5.65 Å². The first kappa shape index (κ1) is 19.4. The number of benzene rings is 3. The highest BCUT2D eigenvalue weighted by atomic mass is 35.5. The molecule has 2 aromatic heterocycles. The molecule has 31 heavy (non-hydrogen) atoms. The number of aromatic nitrogens is 4. The molecule has 2 heterocycles. The van der Waals surface area contributed by atoms with E-state index in [1.165, 1.54) is 10.8 Å². The molecule has 0 amide bonds. The molecule has 0 unspecified atom stereocenters. The second-order valence-electron chi connectivity index (χ2n) is 6.81. The van der Waals surface area contributed by atoms with E-state index in [0.717, 1.165) is 11.4 Å². The monoisotopic (exact) mass is 447 g/mol. The van der Waals surface area contributed by atoms with Crippen LogP contribution in [0.15, 0.2) is 89.9 Å². The maximum Gasteiger partial charge on any atom is 0.270 e. The minimum absolute atomic E-state index is 0.244. The van der Waals surface area contributed by atoms with Crippen LogP contribution in [0.5, 0.6) is 0 Å². The number of nitrogens with zero attached hydrogens (tertiary/aromatic N) is 4. The Bertz CT molecular complexity index is 1430. The van der Waals surface area contributed by atoms with Gasteiger partial charge in [-0.2, -0.15) is 10.1 Å². The van der Waals surface area contributed by atoms with Gasteiger partial charge >= 0.3 is 0 Å². The van der Waals surface area contributed by atoms with Gasteiger partial charge in [0.2, 0.25) is 5.95 Å². The van der Waals surface area contributed by atoms with Gasteiger partial charge in [0.25, 0.3) is 5.56 Å². The van der Waals surface area contributed by atoms with Crippen LogP contribution in [-0.4, -0.2) is 19.3 Å². The quantitative estimate of drug-likeness (QED) is 0.388. The molecule has 0 radical (unpaired) electrons. The van der Waals surface area contributed by atoms with Crippen molar-refractivity contribution in [3.63, 3.8) is 0 Å². The Hall–Kier alpha value is -3.61. The predicted molar refractivity (Wildman–Crippen MR) is 124 cm³/mol. The summed E-state index contributed by atoms with van der Waals surface area (Å²) in [5, 5.41) is 9.24. The molecule has 0 saturated carbocycles. The molecule has 152 valence electrons. The maximum atomic E-state index is 13.5. The average molecular weight is 448 g/mol. The highest BCUT2D eigenvalue weighted by Gasteiger charge is 2.17. The van der Waals surface area contributed by atoms with Crippen molar-refractivity contribution in [1.82, 2.24) is 19.3 Å². The zero-order chi connectivity index (χ0) is 21.4. The minimum atomic E-state index is -0.244. The van der Waals surface area contributed by atoms with Gasteiger partial charge in [-0.1, -0.05) is 41.4 Å². The first-order chi connectivity index (χ1) is 15.1. The van der Waals surface area contributed by atoms with Gasteiger partial charge in [0.1, 0.15) is 5.39 Å². The summed E-state index contributed by atoms with van der Waals surface area (Å²) in [5.41, 5.74) is 2.40. The summed E-state index contributed by atoms with van der Waals surface area (Å²) in [7, 11) is 0. The first-order valence-corrected chi connectivity index (χ1v) is 10.2. The van der Waals surface area contributed by atoms with Crippen LogP contribution >= 0.6 is 23.2 Å². The van der Waals surface area contributed by atoms with Crippen LogP contribution < -0.4 is 10.9 Å². The number of nitrogens with one attached hydrogen (secondary N) is 1. The van der Waals surface area contributed by atoms with E-state index in [1.54, 1.807) is 41.1 Å². The van der Waals surface area contributed by atoms with Crippen LogP contribution in [0.25, 0.3) is 22.4 Å². The maximum absolute atomic E-state index is 13.5. The van der Waals surface area contributed by atoms with Crippen molar-refractivity contribution in [3.05, 3.63) is 105 Å². The fourth-order valence-electron chi connectivity index (χ4n) is 3.30. The van der Waals surface area contributed by atoms with Gasteiger partial charge in [-0.15, -0.1) is 0 Å². The van der Waals surface area contributed by atoms with Gasteiger partial charge in [-0.25, -0.2) is 9.25 Å². The standard InChI is InChI=1S/C23H15Cl2N5O/c24-15-6-10-17(11-7-15)27-23-28-21-20(14-26-30(21)19-4-2-1-3-5-19)22(31)29(23)18-12-8-16(25)9-13-18/h1-14H,(H,27,28). The molecule has 0 fully saturated rings. The van der Waals surface area contributed by atoms with Gasteiger partial charge in [-0.05, 0) is 60.7 Å². The van der Waals surface area contributed by atoms with Crippen molar-refractivity contribution in [2.45, 2.75) is 0 Å². The Labute approximate surface area is 187 Å². The molecule has 0 aliphatic rings. The second-order valence-corrected chi connectivity index (χ2v) is 7.69. The number of para-hydroxylation sites is 1. The Morgan fingerprint density at radius 3 is 2.10 bits per heavy atom. The van der Waals surface area contributed by atoms with Crippen molar-refractivity contribution < 1.29 is 0 Å². The molecule has 6 nitrogen and oxygen atoms in total. The van der Waals surface area contributed by atoms with Gasteiger partial charge < -0.3 is 5.32 Å². The van der Waals surface area contributed by atoms with Crippen molar-refractivity contribution >= 4 is 45.9 Å². The summed E-state index contributed by atoms with van der Waals surface area (Å²) in [6.45, 7) is 0. The zero-order valence-electron chi connectivity index (χ0n) is 16.0. The Morgan fingerprint density at radius 1 is 0.774 bits per heavy atom. The van der Waals surface area contributed by atoms with Crippen LogP contribution in [0.2, 0.25) is 10.0 Å². The van der Waals surface area contributed by atoms with E-state index in [4.69, 9.17) is 28.2 Å². The van der Waals surface area contributed by atoms with Crippen LogP contribution in [0, 0.1) is 0 Å². The molecule has 0 aliphatic carbocycles. The van der Waals surface area contributed by atoms with E-state index in [2.05, 4.69) is 10.4 Å². The van der Waals surface area contributed by atoms with Crippen molar-refractivity contribution in [2.75, 3.05) is 5.32 Å². The van der Waals surface area contributed by atoms with Gasteiger partial charge in [0, 0.05) is 15.7 Å². The molecule has 5 aromatic rings. The lowest BCUT2D eigenvalue weighted by Gasteiger charge is -2.15. The summed E-state index contributed by atoms with van der Waals surface area (Å²) < 4.78 is 3.15. The van der Waals surface area contributed by atoms with E-state index >= 15 is 0 Å². The molecule has 5 rings (SSSR count). The second kappa shape index (κ2) is 7.91. The number of hydrogen-bond acceptors (Lipinski definition) is 4. The van der Waals surface area contributed by atoms with Crippen LogP contribution in [0.1, 0.15) is 0 Å². The molecule has 1 N–H and O–H groups in total. The van der Waals surface area contributed by atoms with E-state index < -0.39 is 0 Å². The third-order valence-electron chi connectivity index (χ3n) is 4.79. The summed E-state index contributed by atoms with van der Waals surface area (Å²) in [4.78, 5) is 18.3. The minimum Gasteiger partial charge on any atom is -0.325 e. The smallest absolute Gasteiger partial charge is 0.270 e. The average Bonchev–Trinajstić information content (AvgIpc) is 3.21. The molecule has 0 saturated heterocycles. The predicted octanol–water partition coefficient (Wildman–Crippen LogP) is 5.62. The third-order valence-corrected chi connectivity index (χ3v) is 5.29. The Kier molecular flexibility index (Phi) is 4.94. The summed E-state index contributed by atoms with van der Waals surface area (Å²) in [6, 6.07) is 23.7. The Balaban J connectivity index is 1.75. The Morgan fingerprint density at radius 2 is 1.42 bits per heavy atom. The molecule has 0 spiro atoms. The first-order valence-electron chi connectivity index (χ1n) is 9.45. The van der Waals surface area contributed by atoms with Crippen LogP contribution in [0.3, 0.4) is 0 Å². The van der Waals surface area contributed by atoms with Crippen molar-refractivity contribution in [3.8, 4) is 11.4 Å². The highest BCUT2D eigenvalue weighted by Crippen LogP contribution is 2.23. The number of fused-ring (bicyclic) bond motifs is 1. The fraction of sp³-hybridized carbons (Fsp3) is 0. The topological polar surface area (TPSA) is 64.7 Å². The van der Waals surface area contributed by atoms with Crippen LogP contribution in [-0.2, 0) is 0 Å². The SMILES string of the molecule is O=c1c2cnn(-c3ccccc3)c2nc(Nc2ccc(Cl)cc2)n1-c1ccc(Cl)cc1. The number of rotatable bonds is 4. The number of halogens is 2. The number of anilines is 2. The van der Waals surface area contributed by atoms with Crippen LogP contribution in [0.4, 0.5) is 11.6 Å². The third kappa shape index (κ3) is 3.67.